The van der Waals surface area contributed by atoms with E-state index < -0.39 is 6.10 Å². The van der Waals surface area contributed by atoms with Crippen LogP contribution in [0.15, 0.2) is 85.1 Å². The number of rotatable bonds is 56. The Morgan fingerprint density at radius 1 is 0.274 bits per heavy atom. The molecule has 0 aliphatic rings. The van der Waals surface area contributed by atoms with Crippen molar-refractivity contribution in [3.8, 4) is 0 Å². The van der Waals surface area contributed by atoms with Crippen molar-refractivity contribution in [2.45, 2.75) is 309 Å². The fourth-order valence-electron chi connectivity index (χ4n) is 8.69. The second kappa shape index (κ2) is 61.1. The average Bonchev–Trinajstić information content (AvgIpc) is 3.39. The molecule has 0 aromatic rings. The lowest BCUT2D eigenvalue weighted by Crippen LogP contribution is -2.30. The first-order valence-corrected chi connectivity index (χ1v) is 31.1. The van der Waals surface area contributed by atoms with Crippen molar-refractivity contribution < 1.29 is 28.6 Å². The third-order valence-corrected chi connectivity index (χ3v) is 13.4. The van der Waals surface area contributed by atoms with Gasteiger partial charge in [-0.15, -0.1) is 0 Å². The molecule has 0 aliphatic heterocycles. The van der Waals surface area contributed by atoms with Crippen molar-refractivity contribution in [2.24, 2.45) is 0 Å². The second-order valence-corrected chi connectivity index (χ2v) is 20.6. The Kier molecular flexibility index (Phi) is 58.3. The summed E-state index contributed by atoms with van der Waals surface area (Å²) >= 11 is 0. The Balaban J connectivity index is 4.48. The SMILES string of the molecule is CCCCC/C=C\C/C=C\C/C=C\C/C=C\C/C=C\CCC(=O)O[C@H](COC(=O)CCCCCCCCCCC/C=C\C/C=C\CCCCC)COC(=O)CCCCCCCCCCCCCCCCCCC. The number of ether oxygens (including phenoxy) is 3. The molecule has 0 unspecified atom stereocenters. The van der Waals surface area contributed by atoms with Gasteiger partial charge < -0.3 is 14.2 Å². The van der Waals surface area contributed by atoms with Crippen molar-refractivity contribution in [3.63, 3.8) is 0 Å². The van der Waals surface area contributed by atoms with Gasteiger partial charge in [0.05, 0.1) is 0 Å². The minimum atomic E-state index is -0.818. The second-order valence-electron chi connectivity index (χ2n) is 20.6. The number of allylic oxidation sites excluding steroid dienone is 14. The molecule has 0 heterocycles. The number of hydrogen-bond donors (Lipinski definition) is 0. The molecule has 0 spiro atoms. The highest BCUT2D eigenvalue weighted by atomic mass is 16.6. The lowest BCUT2D eigenvalue weighted by molar-refractivity contribution is -0.166. The Hall–Kier alpha value is -3.41. The van der Waals surface area contributed by atoms with Gasteiger partial charge >= 0.3 is 17.9 Å². The van der Waals surface area contributed by atoms with Crippen LogP contribution in [-0.4, -0.2) is 37.2 Å². The number of esters is 3. The topological polar surface area (TPSA) is 78.9 Å². The zero-order valence-electron chi connectivity index (χ0n) is 48.1. The fourth-order valence-corrected chi connectivity index (χ4v) is 8.69. The molecule has 420 valence electrons. The van der Waals surface area contributed by atoms with E-state index in [0.717, 1.165) is 70.6 Å². The Morgan fingerprint density at radius 3 is 0.849 bits per heavy atom. The molecule has 0 saturated heterocycles. The van der Waals surface area contributed by atoms with Crippen molar-refractivity contribution in [1.82, 2.24) is 0 Å². The number of carbonyl (C=O) groups excluding carboxylic acids is 3. The maximum absolute atomic E-state index is 12.9. The van der Waals surface area contributed by atoms with Gasteiger partial charge in [0.1, 0.15) is 13.2 Å². The molecule has 0 aromatic carbocycles. The molecule has 0 rings (SSSR count). The summed E-state index contributed by atoms with van der Waals surface area (Å²) in [6.07, 6.45) is 80.2. The Bertz CT molecular complexity index is 1400. The predicted octanol–water partition coefficient (Wildman–Crippen LogP) is 21.1. The van der Waals surface area contributed by atoms with Gasteiger partial charge in [0.2, 0.25) is 0 Å². The highest BCUT2D eigenvalue weighted by Gasteiger charge is 2.19. The Morgan fingerprint density at radius 2 is 0.521 bits per heavy atom. The first-order valence-electron chi connectivity index (χ1n) is 31.1. The Labute approximate surface area is 452 Å². The number of hydrogen-bond acceptors (Lipinski definition) is 6. The number of carbonyl (C=O) groups is 3. The van der Waals surface area contributed by atoms with E-state index in [4.69, 9.17) is 14.2 Å². The summed E-state index contributed by atoms with van der Waals surface area (Å²) in [5, 5.41) is 0. The summed E-state index contributed by atoms with van der Waals surface area (Å²) in [6.45, 7) is 6.56. The van der Waals surface area contributed by atoms with Crippen molar-refractivity contribution in [1.29, 1.82) is 0 Å². The summed E-state index contributed by atoms with van der Waals surface area (Å²) in [5.74, 6) is -0.981. The smallest absolute Gasteiger partial charge is 0.306 e. The lowest BCUT2D eigenvalue weighted by Gasteiger charge is -2.18. The molecular weight excluding hydrogens is 901 g/mol. The highest BCUT2D eigenvalue weighted by Crippen LogP contribution is 2.16. The molecule has 73 heavy (non-hydrogen) atoms. The molecule has 1 atom stereocenters. The van der Waals surface area contributed by atoms with Gasteiger partial charge in [-0.2, -0.15) is 0 Å². The summed E-state index contributed by atoms with van der Waals surface area (Å²) in [6, 6.07) is 0. The van der Waals surface area contributed by atoms with E-state index in [9.17, 15) is 14.4 Å². The van der Waals surface area contributed by atoms with Crippen molar-refractivity contribution >= 4 is 17.9 Å². The van der Waals surface area contributed by atoms with Crippen LogP contribution < -0.4 is 0 Å². The molecule has 0 saturated carbocycles. The van der Waals surface area contributed by atoms with Gasteiger partial charge in [-0.3, -0.25) is 14.4 Å². The monoisotopic (exact) mass is 1020 g/mol. The molecule has 0 fully saturated rings. The van der Waals surface area contributed by atoms with E-state index in [-0.39, 0.29) is 37.5 Å². The van der Waals surface area contributed by atoms with Crippen LogP contribution in [0.1, 0.15) is 303 Å². The zero-order valence-corrected chi connectivity index (χ0v) is 48.1. The average molecular weight is 1020 g/mol. The standard InChI is InChI=1S/C67H116O6/c1-4-7-10-13-16-19-22-25-28-31-33-36-39-42-45-48-51-54-57-60-66(69)72-63-64(62-71-65(68)59-56-53-50-47-44-41-38-35-30-27-24-21-18-15-12-9-6-3)73-67(70)61-58-55-52-49-46-43-40-37-34-32-29-26-23-20-17-14-11-8-5-2/h16-17,19-20,25-26,28-29,34,37,43,46,52,55,64H,4-15,18,21-24,27,30-33,35-36,38-42,44-45,47-51,53-54,56-63H2,1-3H3/b19-16-,20-17-,28-25-,29-26-,37-34-,46-43-,55-52-/t64-/m0/s1. The summed E-state index contributed by atoms with van der Waals surface area (Å²) in [5.41, 5.74) is 0. The van der Waals surface area contributed by atoms with E-state index in [1.54, 1.807) is 0 Å². The summed E-state index contributed by atoms with van der Waals surface area (Å²) in [7, 11) is 0. The van der Waals surface area contributed by atoms with Crippen LogP contribution in [0.25, 0.3) is 0 Å². The van der Waals surface area contributed by atoms with E-state index in [1.807, 2.05) is 6.08 Å². The highest BCUT2D eigenvalue weighted by molar-refractivity contribution is 5.71. The lowest BCUT2D eigenvalue weighted by atomic mass is 10.0. The summed E-state index contributed by atoms with van der Waals surface area (Å²) in [4.78, 5) is 38.2. The van der Waals surface area contributed by atoms with Crippen molar-refractivity contribution in [2.75, 3.05) is 13.2 Å². The zero-order chi connectivity index (χ0) is 52.9. The van der Waals surface area contributed by atoms with E-state index in [1.165, 1.54) is 186 Å². The maximum atomic E-state index is 12.9. The largest absolute Gasteiger partial charge is 0.462 e. The van der Waals surface area contributed by atoms with E-state index in [2.05, 4.69) is 99.8 Å². The molecule has 6 nitrogen and oxygen atoms in total. The molecule has 0 amide bonds. The summed E-state index contributed by atoms with van der Waals surface area (Å²) < 4.78 is 16.8. The first-order chi connectivity index (χ1) is 36.0. The van der Waals surface area contributed by atoms with Crippen LogP contribution in [0.5, 0.6) is 0 Å². The van der Waals surface area contributed by atoms with Gasteiger partial charge in [0.15, 0.2) is 6.10 Å². The van der Waals surface area contributed by atoms with Crippen LogP contribution in [0.2, 0.25) is 0 Å². The van der Waals surface area contributed by atoms with E-state index >= 15 is 0 Å². The molecular formula is C67H116O6. The quantitative estimate of drug-likeness (QED) is 0.0261. The van der Waals surface area contributed by atoms with Crippen LogP contribution >= 0.6 is 0 Å². The molecule has 0 aliphatic carbocycles. The van der Waals surface area contributed by atoms with Crippen molar-refractivity contribution in [3.05, 3.63) is 85.1 Å². The number of unbranched alkanes of at least 4 members (excludes halogenated alkanes) is 31. The minimum Gasteiger partial charge on any atom is -0.462 e. The van der Waals surface area contributed by atoms with Gasteiger partial charge in [-0.1, -0.05) is 279 Å². The molecule has 0 bridgehead atoms. The van der Waals surface area contributed by atoms with Crippen LogP contribution in [-0.2, 0) is 28.6 Å². The molecule has 0 aromatic heterocycles. The van der Waals surface area contributed by atoms with Crippen LogP contribution in [0, 0.1) is 0 Å². The van der Waals surface area contributed by atoms with E-state index in [0.29, 0.717) is 19.3 Å². The third kappa shape index (κ3) is 59.3. The van der Waals surface area contributed by atoms with Gasteiger partial charge in [-0.05, 0) is 89.9 Å². The first kappa shape index (κ1) is 69.6. The van der Waals surface area contributed by atoms with Gasteiger partial charge in [0.25, 0.3) is 0 Å². The molecule has 6 heteroatoms. The minimum absolute atomic E-state index is 0.105. The molecule has 0 radical (unpaired) electrons. The normalized spacial score (nSPS) is 12.6. The van der Waals surface area contributed by atoms with Crippen LogP contribution in [0.4, 0.5) is 0 Å². The van der Waals surface area contributed by atoms with Gasteiger partial charge in [-0.25, -0.2) is 0 Å². The fraction of sp³-hybridized carbons (Fsp3) is 0.746. The van der Waals surface area contributed by atoms with Crippen LogP contribution in [0.3, 0.4) is 0 Å². The third-order valence-electron chi connectivity index (χ3n) is 13.4. The van der Waals surface area contributed by atoms with Gasteiger partial charge in [0, 0.05) is 19.3 Å². The predicted molar refractivity (Wildman–Crippen MR) is 316 cm³/mol. The molecule has 0 N–H and O–H groups in total. The maximum Gasteiger partial charge on any atom is 0.306 e.